The van der Waals surface area contributed by atoms with Gasteiger partial charge in [-0.1, -0.05) is 31.4 Å². The zero-order chi connectivity index (χ0) is 19.9. The number of carbonyl (C=O) groups excluding carboxylic acids is 1. The highest BCUT2D eigenvalue weighted by molar-refractivity contribution is 5.75. The number of nitrogens with one attached hydrogen (secondary N) is 2. The summed E-state index contributed by atoms with van der Waals surface area (Å²) in [6.07, 6.45) is 7.92. The van der Waals surface area contributed by atoms with Gasteiger partial charge in [0.1, 0.15) is 5.75 Å². The van der Waals surface area contributed by atoms with Gasteiger partial charge >= 0.3 is 0 Å². The number of rotatable bonds is 12. The molecule has 6 nitrogen and oxygen atoms in total. The van der Waals surface area contributed by atoms with Gasteiger partial charge in [0.15, 0.2) is 0 Å². The monoisotopic (exact) mass is 391 g/mol. The van der Waals surface area contributed by atoms with Crippen molar-refractivity contribution in [2.24, 2.45) is 0 Å². The molecule has 3 N–H and O–H groups in total. The maximum absolute atomic E-state index is 11.7. The molecule has 0 aliphatic carbocycles. The molecular formula is C22H37N3O3. The van der Waals surface area contributed by atoms with E-state index in [1.807, 2.05) is 6.07 Å². The molecule has 28 heavy (non-hydrogen) atoms. The molecule has 0 unspecified atom stereocenters. The van der Waals surface area contributed by atoms with Gasteiger partial charge in [0.05, 0.1) is 13.2 Å². The Morgan fingerprint density at radius 2 is 1.86 bits per heavy atom. The van der Waals surface area contributed by atoms with Gasteiger partial charge in [-0.15, -0.1) is 0 Å². The molecule has 1 aliphatic rings. The van der Waals surface area contributed by atoms with Crippen molar-refractivity contribution in [1.29, 1.82) is 0 Å². The van der Waals surface area contributed by atoms with E-state index in [0.717, 1.165) is 18.7 Å². The lowest BCUT2D eigenvalue weighted by molar-refractivity contribution is -0.121. The lowest BCUT2D eigenvalue weighted by Crippen LogP contribution is -2.29. The van der Waals surface area contributed by atoms with Crippen molar-refractivity contribution in [3.8, 4) is 5.75 Å². The first-order valence-electron chi connectivity index (χ1n) is 10.8. The maximum atomic E-state index is 11.7. The van der Waals surface area contributed by atoms with Crippen LogP contribution in [0.4, 0.5) is 0 Å². The van der Waals surface area contributed by atoms with E-state index >= 15 is 0 Å². The highest BCUT2D eigenvalue weighted by Gasteiger charge is 2.09. The number of ether oxygens (including phenoxy) is 1. The summed E-state index contributed by atoms with van der Waals surface area (Å²) in [5.74, 6) is 0.935. The second-order valence-corrected chi connectivity index (χ2v) is 7.47. The van der Waals surface area contributed by atoms with Crippen molar-refractivity contribution in [2.75, 3.05) is 45.9 Å². The van der Waals surface area contributed by atoms with Gasteiger partial charge in [0, 0.05) is 32.6 Å². The first-order chi connectivity index (χ1) is 13.8. The van der Waals surface area contributed by atoms with Crippen LogP contribution < -0.4 is 15.4 Å². The van der Waals surface area contributed by atoms with Crippen molar-refractivity contribution >= 4 is 5.91 Å². The molecular weight excluding hydrogens is 354 g/mol. The molecule has 1 fully saturated rings. The van der Waals surface area contributed by atoms with Crippen LogP contribution in [0.5, 0.6) is 5.75 Å². The van der Waals surface area contributed by atoms with Crippen molar-refractivity contribution < 1.29 is 14.6 Å². The summed E-state index contributed by atoms with van der Waals surface area (Å²) >= 11 is 0. The van der Waals surface area contributed by atoms with Crippen LogP contribution in [0.1, 0.15) is 50.5 Å². The summed E-state index contributed by atoms with van der Waals surface area (Å²) < 4.78 is 5.87. The smallest absolute Gasteiger partial charge is 0.221 e. The summed E-state index contributed by atoms with van der Waals surface area (Å²) in [7, 11) is 0. The molecule has 2 rings (SSSR count). The van der Waals surface area contributed by atoms with E-state index in [0.29, 0.717) is 32.7 Å². The summed E-state index contributed by atoms with van der Waals surface area (Å²) in [5.41, 5.74) is 1.31. The number of carbonyl (C=O) groups is 1. The molecule has 6 heteroatoms. The molecule has 1 saturated heterocycles. The molecule has 0 saturated carbocycles. The Bertz CT molecular complexity index is 546. The van der Waals surface area contributed by atoms with Gasteiger partial charge in [-0.3, -0.25) is 9.69 Å². The molecule has 1 amide bonds. The first kappa shape index (κ1) is 22.7. The Hall–Kier alpha value is -1.63. The minimum atomic E-state index is 0.0284. The minimum Gasteiger partial charge on any atom is -0.494 e. The fourth-order valence-corrected chi connectivity index (χ4v) is 3.45. The Balaban J connectivity index is 1.61. The average Bonchev–Trinajstić information content (AvgIpc) is 2.67. The number of nitrogens with zero attached hydrogens (tertiary/aromatic N) is 1. The molecule has 0 atom stereocenters. The average molecular weight is 392 g/mol. The highest BCUT2D eigenvalue weighted by atomic mass is 16.5. The van der Waals surface area contributed by atoms with Crippen molar-refractivity contribution in [2.45, 2.75) is 51.5 Å². The van der Waals surface area contributed by atoms with E-state index in [2.05, 4.69) is 33.7 Å². The molecule has 0 bridgehead atoms. The molecule has 1 aromatic rings. The quantitative estimate of drug-likeness (QED) is 0.477. The van der Waals surface area contributed by atoms with E-state index in [1.165, 1.54) is 50.8 Å². The van der Waals surface area contributed by atoms with Gasteiger partial charge in [0.2, 0.25) is 5.91 Å². The number of hydrogen-bond donors (Lipinski definition) is 3. The second-order valence-electron chi connectivity index (χ2n) is 7.47. The normalized spacial score (nSPS) is 15.6. The van der Waals surface area contributed by atoms with Crippen LogP contribution in [-0.4, -0.2) is 61.9 Å². The molecule has 1 heterocycles. The fourth-order valence-electron chi connectivity index (χ4n) is 3.45. The molecule has 0 radical (unpaired) electrons. The van der Waals surface area contributed by atoms with Gasteiger partial charge in [-0.05, 0) is 50.0 Å². The number of amides is 1. The van der Waals surface area contributed by atoms with E-state index < -0.39 is 0 Å². The third-order valence-corrected chi connectivity index (χ3v) is 4.98. The van der Waals surface area contributed by atoms with Crippen molar-refractivity contribution in [1.82, 2.24) is 15.5 Å². The Labute approximate surface area is 169 Å². The van der Waals surface area contributed by atoms with Crippen LogP contribution in [0.3, 0.4) is 0 Å². The Kier molecular flexibility index (Phi) is 11.6. The summed E-state index contributed by atoms with van der Waals surface area (Å²) in [6.45, 7) is 5.81. The third kappa shape index (κ3) is 10.1. The fraction of sp³-hybridized carbons (Fsp3) is 0.682. The number of aliphatic hydroxyl groups is 1. The van der Waals surface area contributed by atoms with Crippen molar-refractivity contribution in [3.05, 3.63) is 29.8 Å². The SMILES string of the molecule is O=C(CCNCCO)NCCCOc1cccc(CN2CCCCCCC2)c1. The van der Waals surface area contributed by atoms with Gasteiger partial charge in [-0.25, -0.2) is 0 Å². The Morgan fingerprint density at radius 3 is 2.64 bits per heavy atom. The summed E-state index contributed by atoms with van der Waals surface area (Å²) in [5, 5.41) is 14.6. The Morgan fingerprint density at radius 1 is 1.07 bits per heavy atom. The van der Waals surface area contributed by atoms with E-state index in [1.54, 1.807) is 0 Å². The van der Waals surface area contributed by atoms with Crippen LogP contribution in [-0.2, 0) is 11.3 Å². The lowest BCUT2D eigenvalue weighted by Gasteiger charge is -2.24. The van der Waals surface area contributed by atoms with E-state index in [-0.39, 0.29) is 12.5 Å². The predicted octanol–water partition coefficient (Wildman–Crippen LogP) is 2.31. The van der Waals surface area contributed by atoms with Crippen molar-refractivity contribution in [3.63, 3.8) is 0 Å². The second kappa shape index (κ2) is 14.4. The van der Waals surface area contributed by atoms with E-state index in [4.69, 9.17) is 9.84 Å². The van der Waals surface area contributed by atoms with E-state index in [9.17, 15) is 4.79 Å². The first-order valence-corrected chi connectivity index (χ1v) is 10.8. The zero-order valence-electron chi connectivity index (χ0n) is 17.1. The zero-order valence-corrected chi connectivity index (χ0v) is 17.1. The van der Waals surface area contributed by atoms with Crippen LogP contribution in [0.15, 0.2) is 24.3 Å². The minimum absolute atomic E-state index is 0.0284. The van der Waals surface area contributed by atoms with Gasteiger partial charge in [0.25, 0.3) is 0 Å². The molecule has 0 aromatic heterocycles. The third-order valence-electron chi connectivity index (χ3n) is 4.98. The lowest BCUT2D eigenvalue weighted by atomic mass is 10.1. The summed E-state index contributed by atoms with van der Waals surface area (Å²) in [6, 6.07) is 8.39. The maximum Gasteiger partial charge on any atom is 0.221 e. The van der Waals surface area contributed by atoms with Crippen LogP contribution in [0, 0.1) is 0 Å². The van der Waals surface area contributed by atoms with Gasteiger partial charge < -0.3 is 20.5 Å². The number of likely N-dealkylation sites (tertiary alicyclic amines) is 1. The summed E-state index contributed by atoms with van der Waals surface area (Å²) in [4.78, 5) is 14.2. The molecule has 0 spiro atoms. The van der Waals surface area contributed by atoms with Crippen LogP contribution in [0.25, 0.3) is 0 Å². The largest absolute Gasteiger partial charge is 0.494 e. The van der Waals surface area contributed by atoms with Gasteiger partial charge in [-0.2, -0.15) is 0 Å². The predicted molar refractivity (Wildman–Crippen MR) is 112 cm³/mol. The number of hydrogen-bond acceptors (Lipinski definition) is 5. The molecule has 1 aromatic carbocycles. The number of benzene rings is 1. The standard InChI is InChI=1S/C22H37N3O3/c26-16-13-23-12-10-22(27)24-11-7-17-28-21-9-6-8-20(18-21)19-25-14-4-2-1-3-5-15-25/h6,8-9,18,23,26H,1-5,7,10-17,19H2,(H,24,27). The molecule has 1 aliphatic heterocycles. The van der Waals surface area contributed by atoms with Crippen LogP contribution >= 0.6 is 0 Å². The number of aliphatic hydroxyl groups excluding tert-OH is 1. The highest BCUT2D eigenvalue weighted by Crippen LogP contribution is 2.17. The van der Waals surface area contributed by atoms with Crippen LogP contribution in [0.2, 0.25) is 0 Å². The molecule has 158 valence electrons. The topological polar surface area (TPSA) is 73.8 Å².